The van der Waals surface area contributed by atoms with E-state index in [-0.39, 0.29) is 11.3 Å². The van der Waals surface area contributed by atoms with Gasteiger partial charge in [0, 0.05) is 6.07 Å². The molecule has 0 aliphatic heterocycles. The van der Waals surface area contributed by atoms with Gasteiger partial charge in [-0.2, -0.15) is 0 Å². The summed E-state index contributed by atoms with van der Waals surface area (Å²) in [7, 11) is 0. The maximum absolute atomic E-state index is 12.1. The predicted molar refractivity (Wildman–Crippen MR) is 94.7 cm³/mol. The van der Waals surface area contributed by atoms with Crippen LogP contribution in [0.1, 0.15) is 28.4 Å². The number of rotatable bonds is 5. The number of carbonyl (C=O) groups excluding carboxylic acids is 2. The van der Waals surface area contributed by atoms with Gasteiger partial charge in [-0.15, -0.1) is 0 Å². The van der Waals surface area contributed by atoms with Gasteiger partial charge in [-0.3, -0.25) is 30.6 Å². The van der Waals surface area contributed by atoms with Crippen LogP contribution in [0.2, 0.25) is 0 Å². The van der Waals surface area contributed by atoms with Crippen molar-refractivity contribution in [1.82, 2.24) is 10.9 Å². The summed E-state index contributed by atoms with van der Waals surface area (Å²) in [5.41, 5.74) is 5.65. The van der Waals surface area contributed by atoms with Gasteiger partial charge < -0.3 is 4.74 Å². The van der Waals surface area contributed by atoms with Crippen molar-refractivity contribution in [3.05, 3.63) is 69.3 Å². The molecule has 2 aromatic rings. The number of ether oxygens (including phenoxy) is 1. The third kappa shape index (κ3) is 4.35. The van der Waals surface area contributed by atoms with Crippen LogP contribution in [0.5, 0.6) is 5.75 Å². The largest absolute Gasteiger partial charge is 0.480 e. The number of benzene rings is 2. The molecule has 136 valence electrons. The standard InChI is InChI=1S/C18H19N3O5/c1-11-7-6-8-12(2)16(11)26-13(3)17(22)19-20-18(23)14-9-4-5-10-15(14)21(24)25/h4-10,13H,1-3H3,(H,19,22)(H,20,23)/t13-/m1/s1. The third-order valence-electron chi connectivity index (χ3n) is 3.72. The third-order valence-corrected chi connectivity index (χ3v) is 3.72. The van der Waals surface area contributed by atoms with Gasteiger partial charge in [0.05, 0.1) is 4.92 Å². The molecule has 0 aliphatic rings. The first-order valence-electron chi connectivity index (χ1n) is 7.87. The zero-order valence-electron chi connectivity index (χ0n) is 14.6. The summed E-state index contributed by atoms with van der Waals surface area (Å²) in [6.45, 7) is 5.27. The van der Waals surface area contributed by atoms with Crippen molar-refractivity contribution in [3.8, 4) is 5.75 Å². The van der Waals surface area contributed by atoms with Crippen molar-refractivity contribution in [2.75, 3.05) is 0 Å². The van der Waals surface area contributed by atoms with Crippen LogP contribution in [0.4, 0.5) is 5.69 Å². The normalized spacial score (nSPS) is 11.3. The molecule has 0 bridgehead atoms. The average Bonchev–Trinajstić information content (AvgIpc) is 2.62. The van der Waals surface area contributed by atoms with Crippen LogP contribution in [0.25, 0.3) is 0 Å². The van der Waals surface area contributed by atoms with E-state index in [0.29, 0.717) is 5.75 Å². The number of carbonyl (C=O) groups is 2. The molecule has 8 heteroatoms. The topological polar surface area (TPSA) is 111 Å². The van der Waals surface area contributed by atoms with Crippen LogP contribution in [0, 0.1) is 24.0 Å². The zero-order valence-corrected chi connectivity index (χ0v) is 14.6. The van der Waals surface area contributed by atoms with Gasteiger partial charge in [0.25, 0.3) is 17.5 Å². The van der Waals surface area contributed by atoms with Crippen molar-refractivity contribution in [2.45, 2.75) is 26.9 Å². The van der Waals surface area contributed by atoms with Crippen molar-refractivity contribution in [1.29, 1.82) is 0 Å². The number of nitro benzene ring substituents is 1. The Morgan fingerprint density at radius 2 is 1.65 bits per heavy atom. The second-order valence-electron chi connectivity index (χ2n) is 5.70. The molecular weight excluding hydrogens is 338 g/mol. The Morgan fingerprint density at radius 3 is 2.27 bits per heavy atom. The molecule has 0 saturated heterocycles. The highest BCUT2D eigenvalue weighted by atomic mass is 16.6. The SMILES string of the molecule is Cc1cccc(C)c1O[C@H](C)C(=O)NNC(=O)c1ccccc1[N+](=O)[O-]. The lowest BCUT2D eigenvalue weighted by Crippen LogP contribution is -2.47. The average molecular weight is 357 g/mol. The quantitative estimate of drug-likeness (QED) is 0.631. The highest BCUT2D eigenvalue weighted by Gasteiger charge is 2.21. The monoisotopic (exact) mass is 357 g/mol. The summed E-state index contributed by atoms with van der Waals surface area (Å²) in [4.78, 5) is 34.5. The zero-order chi connectivity index (χ0) is 19.3. The fraction of sp³-hybridized carbons (Fsp3) is 0.222. The van der Waals surface area contributed by atoms with E-state index in [1.807, 2.05) is 32.0 Å². The molecule has 2 N–H and O–H groups in total. The minimum atomic E-state index is -0.874. The molecule has 0 fully saturated rings. The number of aryl methyl sites for hydroxylation is 2. The lowest BCUT2D eigenvalue weighted by molar-refractivity contribution is -0.385. The van der Waals surface area contributed by atoms with Crippen LogP contribution in [0.15, 0.2) is 42.5 Å². The number of nitrogens with zero attached hydrogens (tertiary/aromatic N) is 1. The van der Waals surface area contributed by atoms with E-state index in [2.05, 4.69) is 10.9 Å². The van der Waals surface area contributed by atoms with Crippen LogP contribution >= 0.6 is 0 Å². The minimum absolute atomic E-state index is 0.152. The van der Waals surface area contributed by atoms with Crippen LogP contribution in [-0.4, -0.2) is 22.8 Å². The Labute approximate surface area is 150 Å². The van der Waals surface area contributed by atoms with Gasteiger partial charge in [0.15, 0.2) is 6.10 Å². The lowest BCUT2D eigenvalue weighted by atomic mass is 10.1. The van der Waals surface area contributed by atoms with Crippen LogP contribution in [-0.2, 0) is 4.79 Å². The molecule has 0 spiro atoms. The van der Waals surface area contributed by atoms with Crippen LogP contribution in [0.3, 0.4) is 0 Å². The highest BCUT2D eigenvalue weighted by Crippen LogP contribution is 2.23. The molecule has 0 radical (unpaired) electrons. The van der Waals surface area contributed by atoms with E-state index in [1.54, 1.807) is 6.92 Å². The second kappa shape index (κ2) is 8.11. The van der Waals surface area contributed by atoms with Crippen molar-refractivity contribution in [2.24, 2.45) is 0 Å². The number of hydrogen-bond donors (Lipinski definition) is 2. The molecule has 0 heterocycles. The van der Waals surface area contributed by atoms with Gasteiger partial charge >= 0.3 is 0 Å². The van der Waals surface area contributed by atoms with E-state index in [0.717, 1.165) is 11.1 Å². The number of para-hydroxylation sites is 2. The fourth-order valence-electron chi connectivity index (χ4n) is 2.33. The number of hydrazine groups is 1. The minimum Gasteiger partial charge on any atom is -0.480 e. The molecule has 2 aromatic carbocycles. The van der Waals surface area contributed by atoms with Crippen molar-refractivity contribution >= 4 is 17.5 Å². The molecular formula is C18H19N3O5. The molecule has 2 amide bonds. The summed E-state index contributed by atoms with van der Waals surface area (Å²) in [6.07, 6.45) is -0.874. The maximum atomic E-state index is 12.1. The smallest absolute Gasteiger partial charge is 0.282 e. The fourth-order valence-corrected chi connectivity index (χ4v) is 2.33. The van der Waals surface area contributed by atoms with Gasteiger partial charge in [-0.25, -0.2) is 0 Å². The van der Waals surface area contributed by atoms with Gasteiger partial charge in [-0.05, 0) is 38.0 Å². The summed E-state index contributed by atoms with van der Waals surface area (Å²) in [5, 5.41) is 11.0. The summed E-state index contributed by atoms with van der Waals surface area (Å²) >= 11 is 0. The van der Waals surface area contributed by atoms with E-state index >= 15 is 0 Å². The van der Waals surface area contributed by atoms with Crippen LogP contribution < -0.4 is 15.6 Å². The molecule has 0 unspecified atom stereocenters. The van der Waals surface area contributed by atoms with Gasteiger partial charge in [-0.1, -0.05) is 30.3 Å². The lowest BCUT2D eigenvalue weighted by Gasteiger charge is -2.18. The Morgan fingerprint density at radius 1 is 1.04 bits per heavy atom. The first-order chi connectivity index (χ1) is 12.3. The maximum Gasteiger partial charge on any atom is 0.282 e. The first-order valence-corrected chi connectivity index (χ1v) is 7.87. The summed E-state index contributed by atoms with van der Waals surface area (Å²) in [6, 6.07) is 11.1. The predicted octanol–water partition coefficient (Wildman–Crippen LogP) is 2.44. The number of nitrogens with one attached hydrogen (secondary N) is 2. The molecule has 2 rings (SSSR count). The van der Waals surface area contributed by atoms with E-state index in [1.165, 1.54) is 24.3 Å². The molecule has 1 atom stereocenters. The Balaban J connectivity index is 2.00. The Hall–Kier alpha value is -3.42. The van der Waals surface area contributed by atoms with Gasteiger partial charge in [0.1, 0.15) is 11.3 Å². The van der Waals surface area contributed by atoms with Gasteiger partial charge in [0.2, 0.25) is 0 Å². The molecule has 0 aliphatic carbocycles. The van der Waals surface area contributed by atoms with Crippen molar-refractivity contribution < 1.29 is 19.2 Å². The Kier molecular flexibility index (Phi) is 5.90. The number of nitro groups is 1. The molecule has 26 heavy (non-hydrogen) atoms. The second-order valence-corrected chi connectivity index (χ2v) is 5.70. The first kappa shape index (κ1) is 18.9. The number of hydrogen-bond acceptors (Lipinski definition) is 5. The highest BCUT2D eigenvalue weighted by molar-refractivity contribution is 5.99. The van der Waals surface area contributed by atoms with E-state index < -0.39 is 22.8 Å². The molecule has 0 aromatic heterocycles. The molecule has 8 nitrogen and oxygen atoms in total. The summed E-state index contributed by atoms with van der Waals surface area (Å²) < 4.78 is 5.67. The molecule has 0 saturated carbocycles. The van der Waals surface area contributed by atoms with E-state index in [9.17, 15) is 19.7 Å². The number of amides is 2. The van der Waals surface area contributed by atoms with E-state index in [4.69, 9.17) is 4.74 Å². The summed E-state index contributed by atoms with van der Waals surface area (Å²) in [5.74, 6) is -0.773. The Bertz CT molecular complexity index is 830. The van der Waals surface area contributed by atoms with Crippen molar-refractivity contribution in [3.63, 3.8) is 0 Å².